The molecule has 0 aromatic rings. The van der Waals surface area contributed by atoms with E-state index >= 15 is 0 Å². The minimum absolute atomic E-state index is 0.192. The molecule has 2 aliphatic rings. The summed E-state index contributed by atoms with van der Waals surface area (Å²) < 4.78 is 5.50. The van der Waals surface area contributed by atoms with Crippen molar-refractivity contribution in [3.8, 4) is 12.3 Å². The van der Waals surface area contributed by atoms with Crippen molar-refractivity contribution in [3.05, 3.63) is 0 Å². The molecule has 0 aromatic carbocycles. The average Bonchev–Trinajstić information content (AvgIpc) is 2.26. The summed E-state index contributed by atoms with van der Waals surface area (Å²) in [4.78, 5) is 14.1. The van der Waals surface area contributed by atoms with Crippen molar-refractivity contribution in [3.63, 3.8) is 0 Å². The van der Waals surface area contributed by atoms with Crippen LogP contribution in [0.4, 0.5) is 4.79 Å². The zero-order chi connectivity index (χ0) is 14.0. The van der Waals surface area contributed by atoms with Gasteiger partial charge in [0.2, 0.25) is 0 Å². The van der Waals surface area contributed by atoms with Crippen molar-refractivity contribution in [2.24, 2.45) is 11.8 Å². The van der Waals surface area contributed by atoms with E-state index in [-0.39, 0.29) is 12.1 Å². The van der Waals surface area contributed by atoms with Crippen molar-refractivity contribution >= 4 is 6.09 Å². The predicted molar refractivity (Wildman–Crippen MR) is 74.6 cm³/mol. The third-order valence-corrected chi connectivity index (χ3v) is 3.87. The molecule has 4 heteroatoms. The van der Waals surface area contributed by atoms with E-state index < -0.39 is 5.60 Å². The Bertz CT molecular complexity index is 375. The second-order valence-electron chi connectivity index (χ2n) is 6.54. The SMILES string of the molecule is C#CC1CC(C2CNCCN2C(=O)OC(C)(C)C)C1. The summed E-state index contributed by atoms with van der Waals surface area (Å²) in [5.74, 6) is 3.71. The minimum Gasteiger partial charge on any atom is -0.444 e. The Balaban J connectivity index is 1.97. The Labute approximate surface area is 115 Å². The van der Waals surface area contributed by atoms with Crippen LogP contribution >= 0.6 is 0 Å². The molecule has 1 amide bonds. The van der Waals surface area contributed by atoms with Gasteiger partial charge in [-0.1, -0.05) is 0 Å². The van der Waals surface area contributed by atoms with Crippen molar-refractivity contribution in [1.29, 1.82) is 0 Å². The summed E-state index contributed by atoms with van der Waals surface area (Å²) in [6.45, 7) is 8.11. The fourth-order valence-corrected chi connectivity index (χ4v) is 2.81. The van der Waals surface area contributed by atoms with Crippen LogP contribution in [0, 0.1) is 24.2 Å². The first-order chi connectivity index (χ1) is 8.90. The van der Waals surface area contributed by atoms with E-state index in [1.165, 1.54) is 0 Å². The number of rotatable bonds is 1. The molecule has 2 fully saturated rings. The smallest absolute Gasteiger partial charge is 0.410 e. The van der Waals surface area contributed by atoms with Gasteiger partial charge >= 0.3 is 6.09 Å². The zero-order valence-electron chi connectivity index (χ0n) is 12.1. The van der Waals surface area contributed by atoms with E-state index in [0.29, 0.717) is 11.8 Å². The second-order valence-corrected chi connectivity index (χ2v) is 6.54. The van der Waals surface area contributed by atoms with Crippen molar-refractivity contribution in [2.45, 2.75) is 45.3 Å². The van der Waals surface area contributed by atoms with Gasteiger partial charge in [0.05, 0.1) is 6.04 Å². The van der Waals surface area contributed by atoms with Crippen LogP contribution in [0.25, 0.3) is 0 Å². The van der Waals surface area contributed by atoms with Gasteiger partial charge in [-0.25, -0.2) is 4.79 Å². The van der Waals surface area contributed by atoms with Crippen LogP contribution in [-0.4, -0.2) is 42.3 Å². The molecule has 1 saturated heterocycles. The fraction of sp³-hybridized carbons (Fsp3) is 0.800. The van der Waals surface area contributed by atoms with Gasteiger partial charge in [0.1, 0.15) is 5.60 Å². The van der Waals surface area contributed by atoms with Crippen molar-refractivity contribution in [1.82, 2.24) is 10.2 Å². The van der Waals surface area contributed by atoms with Crippen LogP contribution < -0.4 is 5.32 Å². The number of terminal acetylenes is 1. The predicted octanol–water partition coefficient (Wildman–Crippen LogP) is 1.85. The Morgan fingerprint density at radius 1 is 1.42 bits per heavy atom. The number of amides is 1. The molecule has 1 atom stereocenters. The van der Waals surface area contributed by atoms with Crippen LogP contribution in [0.2, 0.25) is 0 Å². The van der Waals surface area contributed by atoms with Gasteiger partial charge in [0.25, 0.3) is 0 Å². The molecule has 0 bridgehead atoms. The van der Waals surface area contributed by atoms with Gasteiger partial charge in [0, 0.05) is 25.6 Å². The number of hydrogen-bond acceptors (Lipinski definition) is 3. The average molecular weight is 264 g/mol. The molecular formula is C15H24N2O2. The lowest BCUT2D eigenvalue weighted by atomic mass is 9.71. The van der Waals surface area contributed by atoms with Crippen molar-refractivity contribution < 1.29 is 9.53 Å². The zero-order valence-corrected chi connectivity index (χ0v) is 12.1. The molecule has 4 nitrogen and oxygen atoms in total. The first-order valence-corrected chi connectivity index (χ1v) is 7.07. The maximum Gasteiger partial charge on any atom is 0.410 e. The summed E-state index contributed by atoms with van der Waals surface area (Å²) in [5.41, 5.74) is -0.437. The maximum atomic E-state index is 12.3. The molecule has 1 aliphatic carbocycles. The number of hydrogen-bond donors (Lipinski definition) is 1. The minimum atomic E-state index is -0.437. The highest BCUT2D eigenvalue weighted by molar-refractivity contribution is 5.68. The van der Waals surface area contributed by atoms with E-state index in [0.717, 1.165) is 32.5 Å². The summed E-state index contributed by atoms with van der Waals surface area (Å²) in [5, 5.41) is 3.36. The molecule has 19 heavy (non-hydrogen) atoms. The van der Waals surface area contributed by atoms with E-state index in [2.05, 4.69) is 11.2 Å². The standard InChI is InChI=1S/C15H24N2O2/c1-5-11-8-12(9-11)13-10-16-6-7-17(13)14(18)19-15(2,3)4/h1,11-13,16H,6-10H2,2-4H3. The summed E-state index contributed by atoms with van der Waals surface area (Å²) in [6, 6.07) is 0.230. The molecular weight excluding hydrogens is 240 g/mol. The summed E-state index contributed by atoms with van der Waals surface area (Å²) in [7, 11) is 0. The van der Waals surface area contributed by atoms with Gasteiger partial charge in [-0.2, -0.15) is 0 Å². The molecule has 0 spiro atoms. The quantitative estimate of drug-likeness (QED) is 0.735. The Morgan fingerprint density at radius 2 is 2.11 bits per heavy atom. The molecule has 106 valence electrons. The topological polar surface area (TPSA) is 41.6 Å². The Kier molecular flexibility index (Phi) is 4.05. The molecule has 1 aliphatic heterocycles. The van der Waals surface area contributed by atoms with E-state index in [1.807, 2.05) is 25.7 Å². The number of ether oxygens (including phenoxy) is 1. The van der Waals surface area contributed by atoms with Gasteiger partial charge < -0.3 is 15.0 Å². The highest BCUT2D eigenvalue weighted by atomic mass is 16.6. The highest BCUT2D eigenvalue weighted by Gasteiger charge is 2.40. The number of nitrogens with one attached hydrogen (secondary N) is 1. The normalized spacial score (nSPS) is 31.3. The van der Waals surface area contributed by atoms with Crippen LogP contribution in [0.1, 0.15) is 33.6 Å². The first kappa shape index (κ1) is 14.2. The lowest BCUT2D eigenvalue weighted by molar-refractivity contribution is -0.00609. The molecule has 2 rings (SSSR count). The lowest BCUT2D eigenvalue weighted by Gasteiger charge is -2.46. The van der Waals surface area contributed by atoms with E-state index in [4.69, 9.17) is 11.2 Å². The number of piperazine rings is 1. The molecule has 0 radical (unpaired) electrons. The largest absolute Gasteiger partial charge is 0.444 e. The fourth-order valence-electron chi connectivity index (χ4n) is 2.81. The highest BCUT2D eigenvalue weighted by Crippen LogP contribution is 2.38. The number of carbonyl (C=O) groups is 1. The summed E-state index contributed by atoms with van der Waals surface area (Å²) in [6.07, 6.45) is 7.30. The van der Waals surface area contributed by atoms with Crippen LogP contribution in [0.5, 0.6) is 0 Å². The number of nitrogens with zero attached hydrogens (tertiary/aromatic N) is 1. The van der Waals surface area contributed by atoms with Crippen LogP contribution in [0.15, 0.2) is 0 Å². The lowest BCUT2D eigenvalue weighted by Crippen LogP contribution is -2.59. The van der Waals surface area contributed by atoms with Crippen LogP contribution in [-0.2, 0) is 4.74 Å². The third-order valence-electron chi connectivity index (χ3n) is 3.87. The van der Waals surface area contributed by atoms with Crippen molar-refractivity contribution in [2.75, 3.05) is 19.6 Å². The maximum absolute atomic E-state index is 12.3. The van der Waals surface area contributed by atoms with Crippen LogP contribution in [0.3, 0.4) is 0 Å². The molecule has 1 unspecified atom stereocenters. The van der Waals surface area contributed by atoms with E-state index in [1.54, 1.807) is 0 Å². The monoisotopic (exact) mass is 264 g/mol. The Hall–Kier alpha value is -1.21. The molecule has 1 heterocycles. The number of carbonyl (C=O) groups excluding carboxylic acids is 1. The molecule has 0 aromatic heterocycles. The van der Waals surface area contributed by atoms with E-state index in [9.17, 15) is 4.79 Å². The molecule has 1 saturated carbocycles. The van der Waals surface area contributed by atoms with Gasteiger partial charge in [0.15, 0.2) is 0 Å². The third kappa shape index (κ3) is 3.42. The van der Waals surface area contributed by atoms with Gasteiger partial charge in [-0.05, 0) is 39.5 Å². The first-order valence-electron chi connectivity index (χ1n) is 7.07. The van der Waals surface area contributed by atoms with Gasteiger partial charge in [-0.3, -0.25) is 0 Å². The molecule has 1 N–H and O–H groups in total. The van der Waals surface area contributed by atoms with Gasteiger partial charge in [-0.15, -0.1) is 12.3 Å². The Morgan fingerprint density at radius 3 is 2.68 bits per heavy atom. The summed E-state index contributed by atoms with van der Waals surface area (Å²) >= 11 is 0. The second kappa shape index (κ2) is 5.42.